The number of rotatable bonds is 2. The monoisotopic (exact) mass is 177 g/mol. The van der Waals surface area contributed by atoms with Gasteiger partial charge in [-0.25, -0.2) is 0 Å². The maximum absolute atomic E-state index is 5.61. The van der Waals surface area contributed by atoms with Gasteiger partial charge in [-0.1, -0.05) is 12.1 Å². The number of benzene rings is 1. The Balaban J connectivity index is 1.90. The molecule has 1 aromatic rings. The third-order valence-electron chi connectivity index (χ3n) is 2.09. The maximum Gasteiger partial charge on any atom is 0.199 e. The highest BCUT2D eigenvalue weighted by molar-refractivity contribution is 5.20. The molecule has 1 aliphatic heterocycles. The van der Waals surface area contributed by atoms with Gasteiger partial charge in [0, 0.05) is 6.42 Å². The molecule has 0 N–H and O–H groups in total. The van der Waals surface area contributed by atoms with Gasteiger partial charge in [-0.2, -0.15) is 0 Å². The topological polar surface area (TPSA) is 18.5 Å². The van der Waals surface area contributed by atoms with Crippen LogP contribution < -0.4 is 4.74 Å². The Bertz CT molecular complexity index is 240. The summed E-state index contributed by atoms with van der Waals surface area (Å²) in [5.74, 6) is 0.866. The fourth-order valence-electron chi connectivity index (χ4n) is 1.41. The van der Waals surface area contributed by atoms with Crippen molar-refractivity contribution in [2.45, 2.75) is 25.6 Å². The highest BCUT2D eigenvalue weighted by Gasteiger charge is 2.14. The van der Waals surface area contributed by atoms with Gasteiger partial charge in [0.15, 0.2) is 6.29 Å². The molecule has 1 radical (unpaired) electrons. The van der Waals surface area contributed by atoms with Crippen molar-refractivity contribution in [3.05, 3.63) is 30.3 Å². The van der Waals surface area contributed by atoms with Crippen molar-refractivity contribution in [2.24, 2.45) is 0 Å². The average molecular weight is 177 g/mol. The van der Waals surface area contributed by atoms with Crippen molar-refractivity contribution in [3.8, 4) is 5.75 Å². The Morgan fingerprint density at radius 3 is 2.85 bits per heavy atom. The molecule has 2 rings (SSSR count). The molecule has 0 spiro atoms. The van der Waals surface area contributed by atoms with Gasteiger partial charge < -0.3 is 9.47 Å². The SMILES string of the molecule is [c]1ccc(OC2CCCCO2)cc1. The molecule has 2 nitrogen and oxygen atoms in total. The van der Waals surface area contributed by atoms with Crippen molar-refractivity contribution < 1.29 is 9.47 Å². The Hall–Kier alpha value is -1.02. The lowest BCUT2D eigenvalue weighted by molar-refractivity contribution is -0.105. The molecular formula is C11H13O2. The molecular weight excluding hydrogens is 164 g/mol. The quantitative estimate of drug-likeness (QED) is 0.690. The molecule has 2 heteroatoms. The van der Waals surface area contributed by atoms with Crippen LogP contribution >= 0.6 is 0 Å². The van der Waals surface area contributed by atoms with Gasteiger partial charge in [0.2, 0.25) is 0 Å². The van der Waals surface area contributed by atoms with Crippen molar-refractivity contribution in [3.63, 3.8) is 0 Å². The first-order valence-electron chi connectivity index (χ1n) is 4.69. The smallest absolute Gasteiger partial charge is 0.199 e. The van der Waals surface area contributed by atoms with E-state index in [0.717, 1.165) is 25.2 Å². The summed E-state index contributed by atoms with van der Waals surface area (Å²) in [4.78, 5) is 0. The standard InChI is InChI=1S/C11H13O2/c1-2-6-10(7-3-1)13-11-8-4-5-9-12-11/h2-3,6-7,11H,4-5,8-9H2. The lowest BCUT2D eigenvalue weighted by Crippen LogP contribution is -2.24. The van der Waals surface area contributed by atoms with Crippen LogP contribution in [0.1, 0.15) is 19.3 Å². The second-order valence-corrected chi connectivity index (χ2v) is 3.15. The normalized spacial score (nSPS) is 22.6. The minimum Gasteiger partial charge on any atom is -0.465 e. The van der Waals surface area contributed by atoms with Crippen molar-refractivity contribution in [1.29, 1.82) is 0 Å². The van der Waals surface area contributed by atoms with Crippen LogP contribution in [0.2, 0.25) is 0 Å². The zero-order chi connectivity index (χ0) is 8.93. The Labute approximate surface area is 78.5 Å². The van der Waals surface area contributed by atoms with Gasteiger partial charge in [-0.05, 0) is 31.0 Å². The number of hydrogen-bond acceptors (Lipinski definition) is 2. The van der Waals surface area contributed by atoms with E-state index >= 15 is 0 Å². The van der Waals surface area contributed by atoms with E-state index in [0.29, 0.717) is 0 Å². The van der Waals surface area contributed by atoms with Crippen LogP contribution in [0.4, 0.5) is 0 Å². The molecule has 1 unspecified atom stereocenters. The summed E-state index contributed by atoms with van der Waals surface area (Å²) < 4.78 is 11.1. The van der Waals surface area contributed by atoms with Crippen molar-refractivity contribution in [1.82, 2.24) is 0 Å². The second kappa shape index (κ2) is 4.28. The fourth-order valence-corrected chi connectivity index (χ4v) is 1.41. The van der Waals surface area contributed by atoms with Gasteiger partial charge in [-0.15, -0.1) is 0 Å². The lowest BCUT2D eigenvalue weighted by Gasteiger charge is -2.23. The first-order valence-corrected chi connectivity index (χ1v) is 4.69. The van der Waals surface area contributed by atoms with E-state index in [2.05, 4.69) is 6.07 Å². The number of ether oxygens (including phenoxy) is 2. The summed E-state index contributed by atoms with van der Waals surface area (Å²) in [6.07, 6.45) is 3.31. The van der Waals surface area contributed by atoms with Gasteiger partial charge in [-0.3, -0.25) is 0 Å². The molecule has 0 saturated carbocycles. The Kier molecular flexibility index (Phi) is 2.82. The molecule has 0 aromatic heterocycles. The molecule has 1 atom stereocenters. The predicted molar refractivity (Wildman–Crippen MR) is 49.5 cm³/mol. The first kappa shape index (κ1) is 8.57. The molecule has 1 fully saturated rings. The van der Waals surface area contributed by atoms with Gasteiger partial charge in [0.25, 0.3) is 0 Å². The van der Waals surface area contributed by atoms with E-state index in [4.69, 9.17) is 9.47 Å². The van der Waals surface area contributed by atoms with Crippen LogP contribution in [-0.2, 0) is 4.74 Å². The van der Waals surface area contributed by atoms with Gasteiger partial charge in [0.05, 0.1) is 6.61 Å². The number of hydrogen-bond donors (Lipinski definition) is 0. The average Bonchev–Trinajstić information content (AvgIpc) is 2.21. The molecule has 1 aromatic carbocycles. The summed E-state index contributed by atoms with van der Waals surface area (Å²) in [5.41, 5.74) is 0. The van der Waals surface area contributed by atoms with Gasteiger partial charge in [0.1, 0.15) is 5.75 Å². The molecule has 0 bridgehead atoms. The van der Waals surface area contributed by atoms with Crippen molar-refractivity contribution in [2.75, 3.05) is 6.61 Å². The lowest BCUT2D eigenvalue weighted by atomic mass is 10.2. The van der Waals surface area contributed by atoms with E-state index in [9.17, 15) is 0 Å². The second-order valence-electron chi connectivity index (χ2n) is 3.15. The van der Waals surface area contributed by atoms with E-state index in [1.54, 1.807) is 0 Å². The van der Waals surface area contributed by atoms with E-state index in [1.807, 2.05) is 24.3 Å². The summed E-state index contributed by atoms with van der Waals surface area (Å²) in [7, 11) is 0. The molecule has 69 valence electrons. The zero-order valence-electron chi connectivity index (χ0n) is 7.53. The molecule has 13 heavy (non-hydrogen) atoms. The molecule has 1 heterocycles. The summed E-state index contributed by atoms with van der Waals surface area (Å²) in [5, 5.41) is 0. The largest absolute Gasteiger partial charge is 0.465 e. The van der Waals surface area contributed by atoms with Crippen molar-refractivity contribution >= 4 is 0 Å². The third kappa shape index (κ3) is 2.46. The van der Waals surface area contributed by atoms with E-state index in [-0.39, 0.29) is 6.29 Å². The summed E-state index contributed by atoms with van der Waals surface area (Å²) in [6.45, 7) is 0.823. The minimum absolute atomic E-state index is 0.0452. The van der Waals surface area contributed by atoms with Crippen LogP contribution in [0.3, 0.4) is 0 Å². The molecule has 1 aliphatic rings. The van der Waals surface area contributed by atoms with E-state index in [1.165, 1.54) is 6.42 Å². The van der Waals surface area contributed by atoms with Crippen LogP contribution in [-0.4, -0.2) is 12.9 Å². The molecule has 0 amide bonds. The molecule has 1 saturated heterocycles. The maximum atomic E-state index is 5.61. The first-order chi connectivity index (χ1) is 6.45. The summed E-state index contributed by atoms with van der Waals surface area (Å²) in [6, 6.07) is 10.4. The molecule has 0 aliphatic carbocycles. The zero-order valence-corrected chi connectivity index (χ0v) is 7.53. The highest BCUT2D eigenvalue weighted by atomic mass is 16.7. The highest BCUT2D eigenvalue weighted by Crippen LogP contribution is 2.18. The Morgan fingerprint density at radius 1 is 1.31 bits per heavy atom. The van der Waals surface area contributed by atoms with Crippen LogP contribution in [0, 0.1) is 6.07 Å². The van der Waals surface area contributed by atoms with Crippen LogP contribution in [0.25, 0.3) is 0 Å². The summed E-state index contributed by atoms with van der Waals surface area (Å²) >= 11 is 0. The van der Waals surface area contributed by atoms with Crippen LogP contribution in [0.5, 0.6) is 5.75 Å². The van der Waals surface area contributed by atoms with Crippen LogP contribution in [0.15, 0.2) is 24.3 Å². The van der Waals surface area contributed by atoms with E-state index < -0.39 is 0 Å². The third-order valence-corrected chi connectivity index (χ3v) is 2.09. The predicted octanol–water partition coefficient (Wildman–Crippen LogP) is 2.39. The Morgan fingerprint density at radius 2 is 2.15 bits per heavy atom. The minimum atomic E-state index is -0.0452. The van der Waals surface area contributed by atoms with Gasteiger partial charge >= 0.3 is 0 Å². The fraction of sp³-hybridized carbons (Fsp3) is 0.455.